The highest BCUT2D eigenvalue weighted by Crippen LogP contribution is 2.53. The van der Waals surface area contributed by atoms with Crippen molar-refractivity contribution >= 4 is 27.4 Å². The van der Waals surface area contributed by atoms with E-state index in [1.165, 1.54) is 33.4 Å². The van der Waals surface area contributed by atoms with Crippen LogP contribution in [0.25, 0.3) is 0 Å². The van der Waals surface area contributed by atoms with Gasteiger partial charge in [-0.15, -0.1) is 0 Å². The van der Waals surface area contributed by atoms with E-state index in [1.54, 1.807) is 0 Å². The monoisotopic (exact) mass is 678 g/mol. The first kappa shape index (κ1) is 30.4. The molecule has 0 radical (unpaired) electrons. The summed E-state index contributed by atoms with van der Waals surface area (Å²) in [7, 11) is -2.88. The van der Waals surface area contributed by atoms with Gasteiger partial charge >= 0.3 is 16.8 Å². The molecule has 1 saturated carbocycles. The Morgan fingerprint density at radius 1 is 0.367 bits per heavy atom. The SMILES string of the molecule is c1ccc2c(c1)Cc1ccccc1OP(c1ccccc1[C@H]1CCC[C@H]1c1ccccc1P1Oc3ccccc3Cc3ccccc3O1)O2. The van der Waals surface area contributed by atoms with Crippen molar-refractivity contribution in [1.29, 1.82) is 0 Å². The van der Waals surface area contributed by atoms with E-state index in [4.69, 9.17) is 18.1 Å². The molecule has 2 aliphatic heterocycles. The molecule has 49 heavy (non-hydrogen) atoms. The van der Waals surface area contributed by atoms with Gasteiger partial charge < -0.3 is 18.1 Å². The third-order valence-electron chi connectivity index (χ3n) is 9.96. The number of benzene rings is 6. The molecule has 1 fully saturated rings. The number of rotatable bonds is 4. The van der Waals surface area contributed by atoms with Crippen LogP contribution in [-0.2, 0) is 12.8 Å². The van der Waals surface area contributed by atoms with Crippen LogP contribution in [0.4, 0.5) is 0 Å². The fourth-order valence-corrected chi connectivity index (χ4v) is 10.8. The Labute approximate surface area is 290 Å². The van der Waals surface area contributed by atoms with E-state index in [9.17, 15) is 0 Å². The lowest BCUT2D eigenvalue weighted by molar-refractivity contribution is 0.486. The summed E-state index contributed by atoms with van der Waals surface area (Å²) in [5.41, 5.74) is 7.34. The van der Waals surface area contributed by atoms with Crippen LogP contribution in [0.15, 0.2) is 146 Å². The minimum Gasteiger partial charge on any atom is -0.435 e. The first-order valence-corrected chi connectivity index (χ1v) is 19.5. The van der Waals surface area contributed by atoms with Crippen LogP contribution in [0.1, 0.15) is 64.5 Å². The van der Waals surface area contributed by atoms with Gasteiger partial charge in [-0.05, 0) is 94.5 Å². The van der Waals surface area contributed by atoms with E-state index < -0.39 is 16.8 Å². The van der Waals surface area contributed by atoms with Crippen molar-refractivity contribution in [2.75, 3.05) is 0 Å². The van der Waals surface area contributed by atoms with Crippen LogP contribution in [0, 0.1) is 0 Å². The van der Waals surface area contributed by atoms with Crippen molar-refractivity contribution in [1.82, 2.24) is 0 Å². The molecule has 3 aliphatic rings. The Kier molecular flexibility index (Phi) is 8.30. The highest BCUT2D eigenvalue weighted by molar-refractivity contribution is 7.57. The van der Waals surface area contributed by atoms with Crippen molar-refractivity contribution < 1.29 is 18.1 Å². The molecule has 0 saturated heterocycles. The second kappa shape index (κ2) is 13.4. The minimum absolute atomic E-state index is 0.298. The molecule has 9 rings (SSSR count). The number of hydrogen-bond acceptors (Lipinski definition) is 4. The molecule has 2 heterocycles. The van der Waals surface area contributed by atoms with Crippen molar-refractivity contribution in [2.24, 2.45) is 0 Å². The van der Waals surface area contributed by atoms with Crippen LogP contribution in [0.2, 0.25) is 0 Å². The van der Waals surface area contributed by atoms with Gasteiger partial charge in [-0.25, -0.2) is 0 Å². The summed E-state index contributed by atoms with van der Waals surface area (Å²) in [5.74, 6) is 4.18. The van der Waals surface area contributed by atoms with Gasteiger partial charge in [0.25, 0.3) is 0 Å². The first-order valence-electron chi connectivity index (χ1n) is 17.1. The Balaban J connectivity index is 1.10. The number of para-hydroxylation sites is 4. The summed E-state index contributed by atoms with van der Waals surface area (Å²) in [5, 5.41) is 2.29. The molecule has 0 amide bonds. The molecular formula is C43H36O4P2. The van der Waals surface area contributed by atoms with E-state index in [0.717, 1.165) is 65.7 Å². The van der Waals surface area contributed by atoms with Crippen LogP contribution < -0.4 is 28.7 Å². The number of fused-ring (bicyclic) bond motifs is 4. The number of hydrogen-bond donors (Lipinski definition) is 0. The van der Waals surface area contributed by atoms with E-state index in [1.807, 2.05) is 24.3 Å². The maximum atomic E-state index is 6.84. The smallest absolute Gasteiger partial charge is 0.326 e. The zero-order valence-corrected chi connectivity index (χ0v) is 28.9. The molecule has 0 unspecified atom stereocenters. The lowest BCUT2D eigenvalue weighted by atomic mass is 9.84. The highest BCUT2D eigenvalue weighted by Gasteiger charge is 2.38. The molecular weight excluding hydrogens is 642 g/mol. The van der Waals surface area contributed by atoms with Crippen molar-refractivity contribution in [3.63, 3.8) is 0 Å². The molecule has 6 heteroatoms. The van der Waals surface area contributed by atoms with E-state index in [2.05, 4.69) is 121 Å². The maximum Gasteiger partial charge on any atom is 0.326 e. The van der Waals surface area contributed by atoms with Gasteiger partial charge in [-0.3, -0.25) is 0 Å². The summed E-state index contributed by atoms with van der Waals surface area (Å²) in [6.07, 6.45) is 4.89. The molecule has 1 aliphatic carbocycles. The molecule has 6 aromatic rings. The van der Waals surface area contributed by atoms with E-state index >= 15 is 0 Å². The topological polar surface area (TPSA) is 36.9 Å². The summed E-state index contributed by atoms with van der Waals surface area (Å²) in [6, 6.07) is 51.1. The summed E-state index contributed by atoms with van der Waals surface area (Å²) in [4.78, 5) is 0. The molecule has 0 aromatic heterocycles. The molecule has 242 valence electrons. The Morgan fingerprint density at radius 3 is 1.04 bits per heavy atom. The highest BCUT2D eigenvalue weighted by atomic mass is 31.2. The third kappa shape index (κ3) is 5.99. The first-order chi connectivity index (χ1) is 24.3. The Bertz CT molecular complexity index is 1880. The Hall–Kier alpha value is -4.62. The van der Waals surface area contributed by atoms with Gasteiger partial charge in [0.05, 0.1) is 10.6 Å². The lowest BCUT2D eigenvalue weighted by Crippen LogP contribution is -2.23. The lowest BCUT2D eigenvalue weighted by Gasteiger charge is -2.30. The third-order valence-corrected chi connectivity index (χ3v) is 13.0. The van der Waals surface area contributed by atoms with E-state index in [0.29, 0.717) is 11.8 Å². The standard InChI is InChI=1S/C43H36O4P2/c1-7-22-38-30(14-1)28-31-15-2-8-23-39(31)45-48(44-38)42-26-11-5-18-36(42)34-20-13-21-35(34)37-19-6-12-27-43(37)49-46-40-24-9-3-16-32(40)29-33-17-4-10-25-41(33)47-49/h1-12,14-19,22-27,34-35H,13,20-21,28-29H2/t34-,35+. The van der Waals surface area contributed by atoms with Crippen LogP contribution in [-0.4, -0.2) is 0 Å². The predicted octanol–water partition coefficient (Wildman–Crippen LogP) is 10.7. The van der Waals surface area contributed by atoms with Gasteiger partial charge in [0, 0.05) is 12.8 Å². The van der Waals surface area contributed by atoms with Gasteiger partial charge in [0.2, 0.25) is 0 Å². The van der Waals surface area contributed by atoms with Crippen LogP contribution in [0.5, 0.6) is 23.0 Å². The van der Waals surface area contributed by atoms with Crippen molar-refractivity contribution in [3.05, 3.63) is 179 Å². The zero-order chi connectivity index (χ0) is 32.6. The molecule has 6 aromatic carbocycles. The zero-order valence-electron chi connectivity index (χ0n) is 27.1. The maximum absolute atomic E-state index is 6.84. The minimum atomic E-state index is -1.44. The molecule has 0 spiro atoms. The quantitative estimate of drug-likeness (QED) is 0.174. The summed E-state index contributed by atoms with van der Waals surface area (Å²) >= 11 is 0. The summed E-state index contributed by atoms with van der Waals surface area (Å²) in [6.45, 7) is 0. The molecule has 4 nitrogen and oxygen atoms in total. The van der Waals surface area contributed by atoms with Gasteiger partial charge in [-0.2, -0.15) is 0 Å². The average Bonchev–Trinajstić information content (AvgIpc) is 3.62. The van der Waals surface area contributed by atoms with Gasteiger partial charge in [-0.1, -0.05) is 116 Å². The molecule has 0 bridgehead atoms. The average molecular weight is 679 g/mol. The Morgan fingerprint density at radius 2 is 0.673 bits per heavy atom. The normalized spacial score (nSPS) is 18.7. The fraction of sp³-hybridized carbons (Fsp3) is 0.163. The van der Waals surface area contributed by atoms with Crippen molar-refractivity contribution in [2.45, 2.75) is 43.9 Å². The molecule has 0 N–H and O–H groups in total. The van der Waals surface area contributed by atoms with Gasteiger partial charge in [0.15, 0.2) is 0 Å². The van der Waals surface area contributed by atoms with Gasteiger partial charge in [0.1, 0.15) is 23.0 Å². The second-order valence-corrected chi connectivity index (χ2v) is 15.6. The molecule has 2 atom stereocenters. The van der Waals surface area contributed by atoms with E-state index in [-0.39, 0.29) is 0 Å². The fourth-order valence-electron chi connectivity index (χ4n) is 7.60. The van der Waals surface area contributed by atoms with Crippen LogP contribution >= 0.6 is 16.8 Å². The largest absolute Gasteiger partial charge is 0.435 e. The van der Waals surface area contributed by atoms with Crippen LogP contribution in [0.3, 0.4) is 0 Å². The second-order valence-electron chi connectivity index (χ2n) is 12.9. The summed E-state index contributed by atoms with van der Waals surface area (Å²) < 4.78 is 27.4. The predicted molar refractivity (Wildman–Crippen MR) is 199 cm³/mol. The van der Waals surface area contributed by atoms with Crippen molar-refractivity contribution in [3.8, 4) is 23.0 Å².